The summed E-state index contributed by atoms with van der Waals surface area (Å²) >= 11 is 0. The smallest absolute Gasteiger partial charge is 0.255 e. The molecule has 1 amide bonds. The molecule has 0 unspecified atom stereocenters. The molecule has 3 rings (SSSR count). The molecule has 3 aromatic rings. The minimum absolute atomic E-state index is 0.183. The monoisotopic (exact) mass is 346 g/mol. The average Bonchev–Trinajstić information content (AvgIpc) is 2.65. The van der Waals surface area contributed by atoms with Crippen LogP contribution < -0.4 is 5.32 Å². The van der Waals surface area contributed by atoms with Crippen LogP contribution in [0.25, 0.3) is 0 Å². The number of para-hydroxylation sites is 1. The number of benzene rings is 3. The van der Waals surface area contributed by atoms with Gasteiger partial charge in [0.1, 0.15) is 0 Å². The van der Waals surface area contributed by atoms with Crippen molar-refractivity contribution < 1.29 is 15.0 Å². The Morgan fingerprint density at radius 2 is 1.77 bits per heavy atom. The van der Waals surface area contributed by atoms with Gasteiger partial charge in [0.05, 0.1) is 5.69 Å². The Morgan fingerprint density at radius 1 is 0.962 bits per heavy atom. The predicted octanol–water partition coefficient (Wildman–Crippen LogP) is 4.41. The Morgan fingerprint density at radius 3 is 2.54 bits per heavy atom. The number of anilines is 1. The molecule has 130 valence electrons. The van der Waals surface area contributed by atoms with Gasteiger partial charge in [0.2, 0.25) is 0 Å². The quantitative estimate of drug-likeness (QED) is 0.483. The van der Waals surface area contributed by atoms with E-state index in [4.69, 9.17) is 0 Å². The fraction of sp³-hybridized carbons (Fsp3) is 0.0476. The fourth-order valence-electron chi connectivity index (χ4n) is 2.40. The second kappa shape index (κ2) is 7.53. The Kier molecular flexibility index (Phi) is 4.99. The topological polar surface area (TPSA) is 81.9 Å². The summed E-state index contributed by atoms with van der Waals surface area (Å²) in [7, 11) is 0. The molecule has 0 heterocycles. The molecular formula is C21H18N2O3. The summed E-state index contributed by atoms with van der Waals surface area (Å²) in [6.45, 7) is 1.93. The third-order valence-corrected chi connectivity index (χ3v) is 3.86. The number of amides is 1. The van der Waals surface area contributed by atoms with E-state index in [1.807, 2.05) is 31.2 Å². The van der Waals surface area contributed by atoms with Gasteiger partial charge in [0, 0.05) is 17.5 Å². The van der Waals surface area contributed by atoms with Gasteiger partial charge in [-0.3, -0.25) is 9.79 Å². The second-order valence-corrected chi connectivity index (χ2v) is 5.83. The molecule has 5 nitrogen and oxygen atoms in total. The first-order valence-electron chi connectivity index (χ1n) is 8.06. The number of aromatic hydroxyl groups is 2. The SMILES string of the molecule is Cc1ccccc1NC(=O)c1cccc(N=Cc2ccc(O)c(O)c2)c1. The Balaban J connectivity index is 1.77. The van der Waals surface area contributed by atoms with Gasteiger partial charge in [0.15, 0.2) is 11.5 Å². The van der Waals surface area contributed by atoms with Gasteiger partial charge in [-0.1, -0.05) is 24.3 Å². The highest BCUT2D eigenvalue weighted by Gasteiger charge is 2.08. The van der Waals surface area contributed by atoms with Crippen molar-refractivity contribution in [1.29, 1.82) is 0 Å². The summed E-state index contributed by atoms with van der Waals surface area (Å²) < 4.78 is 0. The van der Waals surface area contributed by atoms with Crippen molar-refractivity contribution in [3.63, 3.8) is 0 Å². The van der Waals surface area contributed by atoms with E-state index in [1.165, 1.54) is 12.1 Å². The highest BCUT2D eigenvalue weighted by molar-refractivity contribution is 6.05. The van der Waals surface area contributed by atoms with Gasteiger partial charge in [0.25, 0.3) is 5.91 Å². The van der Waals surface area contributed by atoms with Crippen LogP contribution in [0.1, 0.15) is 21.5 Å². The molecule has 0 saturated heterocycles. The van der Waals surface area contributed by atoms with Crippen LogP contribution in [0.3, 0.4) is 0 Å². The molecule has 0 aliphatic carbocycles. The van der Waals surface area contributed by atoms with Gasteiger partial charge in [-0.15, -0.1) is 0 Å². The van der Waals surface area contributed by atoms with Gasteiger partial charge in [-0.2, -0.15) is 0 Å². The minimum atomic E-state index is -0.210. The van der Waals surface area contributed by atoms with E-state index >= 15 is 0 Å². The first-order valence-corrected chi connectivity index (χ1v) is 8.06. The fourth-order valence-corrected chi connectivity index (χ4v) is 2.40. The lowest BCUT2D eigenvalue weighted by molar-refractivity contribution is 0.102. The third kappa shape index (κ3) is 4.08. The van der Waals surface area contributed by atoms with Crippen molar-refractivity contribution in [2.45, 2.75) is 6.92 Å². The zero-order valence-electron chi connectivity index (χ0n) is 14.2. The molecule has 0 bridgehead atoms. The molecule has 5 heteroatoms. The highest BCUT2D eigenvalue weighted by atomic mass is 16.3. The van der Waals surface area contributed by atoms with E-state index in [0.29, 0.717) is 16.8 Å². The summed E-state index contributed by atoms with van der Waals surface area (Å²) in [6.07, 6.45) is 1.55. The first-order chi connectivity index (χ1) is 12.5. The number of nitrogens with zero attached hydrogens (tertiary/aromatic N) is 1. The average molecular weight is 346 g/mol. The van der Waals surface area contributed by atoms with Gasteiger partial charge in [-0.05, 0) is 60.5 Å². The number of hydrogen-bond acceptors (Lipinski definition) is 4. The Labute approximate surface area is 151 Å². The van der Waals surface area contributed by atoms with Crippen molar-refractivity contribution in [1.82, 2.24) is 0 Å². The molecule has 0 aromatic heterocycles. The van der Waals surface area contributed by atoms with Crippen LogP contribution in [0.5, 0.6) is 11.5 Å². The lowest BCUT2D eigenvalue weighted by Gasteiger charge is -2.08. The van der Waals surface area contributed by atoms with Crippen LogP contribution in [-0.2, 0) is 0 Å². The lowest BCUT2D eigenvalue weighted by Crippen LogP contribution is -2.12. The summed E-state index contributed by atoms with van der Waals surface area (Å²) in [6, 6.07) is 19.0. The van der Waals surface area contributed by atoms with Crippen molar-refractivity contribution >= 4 is 23.5 Å². The van der Waals surface area contributed by atoms with E-state index in [0.717, 1.165) is 11.3 Å². The summed E-state index contributed by atoms with van der Waals surface area (Å²) in [5.74, 6) is -0.601. The summed E-state index contributed by atoms with van der Waals surface area (Å²) in [5.41, 5.74) is 3.50. The van der Waals surface area contributed by atoms with Crippen LogP contribution in [0.15, 0.2) is 71.7 Å². The lowest BCUT2D eigenvalue weighted by atomic mass is 10.1. The second-order valence-electron chi connectivity index (χ2n) is 5.83. The molecule has 26 heavy (non-hydrogen) atoms. The Hall–Kier alpha value is -3.60. The van der Waals surface area contributed by atoms with Crippen molar-refractivity contribution in [3.05, 3.63) is 83.4 Å². The summed E-state index contributed by atoms with van der Waals surface area (Å²) in [4.78, 5) is 16.8. The van der Waals surface area contributed by atoms with Crippen LogP contribution in [-0.4, -0.2) is 22.3 Å². The van der Waals surface area contributed by atoms with Crippen molar-refractivity contribution in [3.8, 4) is 11.5 Å². The number of carbonyl (C=O) groups is 1. The first kappa shape index (κ1) is 17.2. The largest absolute Gasteiger partial charge is 0.504 e. The number of carbonyl (C=O) groups excluding carboxylic acids is 1. The molecule has 3 N–H and O–H groups in total. The molecule has 0 aliphatic rings. The zero-order valence-corrected chi connectivity index (χ0v) is 14.2. The standard InChI is InChI=1S/C21H18N2O3/c1-14-5-2-3-8-18(14)23-21(26)16-6-4-7-17(12-16)22-13-15-9-10-19(24)20(25)11-15/h2-13,24-25H,1H3,(H,23,26). The van der Waals surface area contributed by atoms with Crippen LogP contribution >= 0.6 is 0 Å². The van der Waals surface area contributed by atoms with E-state index < -0.39 is 0 Å². The maximum absolute atomic E-state index is 12.5. The summed E-state index contributed by atoms with van der Waals surface area (Å²) in [5, 5.41) is 21.7. The number of nitrogens with one attached hydrogen (secondary N) is 1. The van der Waals surface area contributed by atoms with Crippen LogP contribution in [0, 0.1) is 6.92 Å². The molecule has 0 fully saturated rings. The molecule has 0 aliphatic heterocycles. The normalized spacial score (nSPS) is 10.8. The van der Waals surface area contributed by atoms with Crippen molar-refractivity contribution in [2.24, 2.45) is 4.99 Å². The number of rotatable bonds is 4. The number of hydrogen-bond donors (Lipinski definition) is 3. The van der Waals surface area contributed by atoms with Gasteiger partial charge >= 0.3 is 0 Å². The number of phenolic OH excluding ortho intramolecular Hbond substituents is 2. The maximum Gasteiger partial charge on any atom is 0.255 e. The maximum atomic E-state index is 12.5. The third-order valence-electron chi connectivity index (χ3n) is 3.86. The zero-order chi connectivity index (χ0) is 18.5. The molecule has 0 spiro atoms. The van der Waals surface area contributed by atoms with E-state index in [1.54, 1.807) is 36.5 Å². The van der Waals surface area contributed by atoms with Crippen LogP contribution in [0.2, 0.25) is 0 Å². The Bertz CT molecular complexity index is 980. The van der Waals surface area contributed by atoms with E-state index in [2.05, 4.69) is 10.3 Å². The number of phenols is 2. The molecule has 0 radical (unpaired) electrons. The molecule has 0 saturated carbocycles. The molecule has 3 aromatic carbocycles. The van der Waals surface area contributed by atoms with Gasteiger partial charge in [-0.25, -0.2) is 0 Å². The van der Waals surface area contributed by atoms with Crippen molar-refractivity contribution in [2.75, 3.05) is 5.32 Å². The number of aliphatic imine (C=N–C) groups is 1. The van der Waals surface area contributed by atoms with E-state index in [9.17, 15) is 15.0 Å². The minimum Gasteiger partial charge on any atom is -0.504 e. The van der Waals surface area contributed by atoms with E-state index in [-0.39, 0.29) is 17.4 Å². The molecule has 0 atom stereocenters. The molecular weight excluding hydrogens is 328 g/mol. The van der Waals surface area contributed by atoms with Crippen LogP contribution in [0.4, 0.5) is 11.4 Å². The number of aryl methyl sites for hydroxylation is 1. The van der Waals surface area contributed by atoms with Gasteiger partial charge < -0.3 is 15.5 Å². The highest BCUT2D eigenvalue weighted by Crippen LogP contribution is 2.24. The predicted molar refractivity (Wildman–Crippen MR) is 103 cm³/mol.